The summed E-state index contributed by atoms with van der Waals surface area (Å²) in [5, 5.41) is 0. The van der Waals surface area contributed by atoms with Gasteiger partial charge in [-0.2, -0.15) is 11.8 Å². The predicted molar refractivity (Wildman–Crippen MR) is 99.9 cm³/mol. The number of amides is 1. The van der Waals surface area contributed by atoms with Gasteiger partial charge in [0.15, 0.2) is 0 Å². The first kappa shape index (κ1) is 18.3. The number of carbonyl (C=O) groups excluding carboxylic acids is 1. The van der Waals surface area contributed by atoms with Crippen LogP contribution in [-0.4, -0.2) is 60.9 Å². The summed E-state index contributed by atoms with van der Waals surface area (Å²) in [6.45, 7) is 4.08. The number of thioether (sulfide) groups is 1. The van der Waals surface area contributed by atoms with E-state index in [2.05, 4.69) is 47.4 Å². The first-order chi connectivity index (χ1) is 11.2. The van der Waals surface area contributed by atoms with Crippen molar-refractivity contribution in [1.82, 2.24) is 9.80 Å². The summed E-state index contributed by atoms with van der Waals surface area (Å²) in [5.74, 6) is 1.87. The van der Waals surface area contributed by atoms with Gasteiger partial charge in [0.05, 0.1) is 0 Å². The quantitative estimate of drug-likeness (QED) is 0.730. The number of carbonyl (C=O) groups is 1. The Hall–Kier alpha value is -1.00. The van der Waals surface area contributed by atoms with Crippen molar-refractivity contribution in [2.75, 3.05) is 45.2 Å². The molecule has 128 valence electrons. The van der Waals surface area contributed by atoms with Crippen LogP contribution in [0.2, 0.25) is 0 Å². The van der Waals surface area contributed by atoms with E-state index in [1.807, 2.05) is 6.07 Å². The fourth-order valence-electron chi connectivity index (χ4n) is 3.31. The fraction of sp³-hybridized carbons (Fsp3) is 0.632. The zero-order valence-electron chi connectivity index (χ0n) is 14.5. The number of rotatable bonds is 8. The zero-order valence-corrected chi connectivity index (χ0v) is 15.4. The molecule has 1 aliphatic heterocycles. The Labute approximate surface area is 145 Å². The fourth-order valence-corrected chi connectivity index (χ4v) is 3.69. The molecule has 1 fully saturated rings. The van der Waals surface area contributed by atoms with Crippen molar-refractivity contribution in [2.24, 2.45) is 5.92 Å². The van der Waals surface area contributed by atoms with Crippen molar-refractivity contribution in [1.29, 1.82) is 0 Å². The van der Waals surface area contributed by atoms with Gasteiger partial charge in [0.2, 0.25) is 5.91 Å². The first-order valence-electron chi connectivity index (χ1n) is 8.68. The molecule has 0 aromatic heterocycles. The van der Waals surface area contributed by atoms with Gasteiger partial charge in [-0.25, -0.2) is 0 Å². The molecule has 1 saturated heterocycles. The van der Waals surface area contributed by atoms with Crippen LogP contribution in [0.1, 0.15) is 24.8 Å². The molecule has 1 aromatic carbocycles. The number of hydrogen-bond acceptors (Lipinski definition) is 3. The van der Waals surface area contributed by atoms with Crippen molar-refractivity contribution in [3.63, 3.8) is 0 Å². The molecule has 0 unspecified atom stereocenters. The molecule has 23 heavy (non-hydrogen) atoms. The summed E-state index contributed by atoms with van der Waals surface area (Å²) >= 11 is 1.75. The third-order valence-electron chi connectivity index (χ3n) is 4.59. The standard InChI is InChI=1S/C19H30N2OS/c1-20-12-6-9-18(15-20)16-21(19(22)11-14-23-2)13-10-17-7-4-3-5-8-17/h3-5,7-8,18H,6,9-16H2,1-2H3/t18-/m0/s1. The molecule has 1 amide bonds. The van der Waals surface area contributed by atoms with Crippen LogP contribution in [0.5, 0.6) is 0 Å². The Balaban J connectivity index is 1.91. The largest absolute Gasteiger partial charge is 0.342 e. The van der Waals surface area contributed by atoms with Gasteiger partial charge in [-0.3, -0.25) is 4.79 Å². The second kappa shape index (κ2) is 9.99. The SMILES string of the molecule is CSCCC(=O)N(CCc1ccccc1)C[C@H]1CCCN(C)C1. The van der Waals surface area contributed by atoms with E-state index in [0.29, 0.717) is 18.2 Å². The van der Waals surface area contributed by atoms with Crippen LogP contribution in [0.15, 0.2) is 30.3 Å². The predicted octanol–water partition coefficient (Wildman–Crippen LogP) is 3.15. The van der Waals surface area contributed by atoms with E-state index >= 15 is 0 Å². The third-order valence-corrected chi connectivity index (χ3v) is 5.20. The number of nitrogens with zero attached hydrogens (tertiary/aromatic N) is 2. The summed E-state index contributed by atoms with van der Waals surface area (Å²) in [6.07, 6.45) is 6.19. The number of likely N-dealkylation sites (tertiary alicyclic amines) is 1. The normalized spacial score (nSPS) is 18.8. The molecule has 0 aliphatic carbocycles. The molecule has 0 spiro atoms. The lowest BCUT2D eigenvalue weighted by Crippen LogP contribution is -2.42. The van der Waals surface area contributed by atoms with Crippen molar-refractivity contribution in [3.05, 3.63) is 35.9 Å². The van der Waals surface area contributed by atoms with Gasteiger partial charge >= 0.3 is 0 Å². The molecule has 1 aliphatic rings. The van der Waals surface area contributed by atoms with Gasteiger partial charge in [-0.05, 0) is 50.6 Å². The van der Waals surface area contributed by atoms with Crippen molar-refractivity contribution in [2.45, 2.75) is 25.7 Å². The Morgan fingerprint density at radius 3 is 2.83 bits per heavy atom. The smallest absolute Gasteiger partial charge is 0.223 e. The van der Waals surface area contributed by atoms with Gasteiger partial charge in [0.1, 0.15) is 0 Å². The molecule has 3 nitrogen and oxygen atoms in total. The van der Waals surface area contributed by atoms with Crippen LogP contribution in [0.25, 0.3) is 0 Å². The maximum Gasteiger partial charge on any atom is 0.223 e. The van der Waals surface area contributed by atoms with Crippen LogP contribution in [0.3, 0.4) is 0 Å². The van der Waals surface area contributed by atoms with Crippen LogP contribution in [0, 0.1) is 5.92 Å². The molecular formula is C19H30N2OS. The van der Waals surface area contributed by atoms with Gasteiger partial charge in [-0.15, -0.1) is 0 Å². The van der Waals surface area contributed by atoms with Gasteiger partial charge in [0.25, 0.3) is 0 Å². The summed E-state index contributed by atoms with van der Waals surface area (Å²) in [7, 11) is 2.19. The van der Waals surface area contributed by atoms with E-state index in [4.69, 9.17) is 0 Å². The minimum absolute atomic E-state index is 0.323. The van der Waals surface area contributed by atoms with Crippen molar-refractivity contribution < 1.29 is 4.79 Å². The van der Waals surface area contributed by atoms with E-state index < -0.39 is 0 Å². The molecule has 1 heterocycles. The lowest BCUT2D eigenvalue weighted by molar-refractivity contribution is -0.131. The van der Waals surface area contributed by atoms with E-state index in [1.165, 1.54) is 24.9 Å². The Kier molecular flexibility index (Phi) is 7.96. The average molecular weight is 335 g/mol. The highest BCUT2D eigenvalue weighted by Gasteiger charge is 2.22. The van der Waals surface area contributed by atoms with Crippen LogP contribution >= 0.6 is 11.8 Å². The molecule has 0 N–H and O–H groups in total. The summed E-state index contributed by atoms with van der Waals surface area (Å²) in [5.41, 5.74) is 1.32. The van der Waals surface area contributed by atoms with Gasteiger partial charge in [0, 0.05) is 31.8 Å². The molecule has 0 radical (unpaired) electrons. The topological polar surface area (TPSA) is 23.6 Å². The van der Waals surface area contributed by atoms with Crippen molar-refractivity contribution in [3.8, 4) is 0 Å². The summed E-state index contributed by atoms with van der Waals surface area (Å²) < 4.78 is 0. The minimum atomic E-state index is 0.323. The molecule has 1 atom stereocenters. The van der Waals surface area contributed by atoms with E-state index in [0.717, 1.165) is 31.8 Å². The van der Waals surface area contributed by atoms with E-state index in [-0.39, 0.29) is 0 Å². The summed E-state index contributed by atoms with van der Waals surface area (Å²) in [6, 6.07) is 10.5. The molecule has 0 saturated carbocycles. The van der Waals surface area contributed by atoms with Gasteiger partial charge < -0.3 is 9.80 Å². The maximum atomic E-state index is 12.6. The molecular weight excluding hydrogens is 304 g/mol. The maximum absolute atomic E-state index is 12.6. The van der Waals surface area contributed by atoms with Crippen molar-refractivity contribution >= 4 is 17.7 Å². The Bertz CT molecular complexity index is 466. The highest BCUT2D eigenvalue weighted by atomic mass is 32.2. The number of hydrogen-bond donors (Lipinski definition) is 0. The summed E-state index contributed by atoms with van der Waals surface area (Å²) in [4.78, 5) is 17.1. The van der Waals surface area contributed by atoms with Gasteiger partial charge in [-0.1, -0.05) is 30.3 Å². The molecule has 0 bridgehead atoms. The Morgan fingerprint density at radius 1 is 1.35 bits per heavy atom. The zero-order chi connectivity index (χ0) is 16.5. The van der Waals surface area contributed by atoms with Crippen LogP contribution < -0.4 is 0 Å². The van der Waals surface area contributed by atoms with E-state index in [1.54, 1.807) is 11.8 Å². The Morgan fingerprint density at radius 2 is 2.13 bits per heavy atom. The lowest BCUT2D eigenvalue weighted by Gasteiger charge is -2.34. The average Bonchev–Trinajstić information content (AvgIpc) is 2.57. The third kappa shape index (κ3) is 6.56. The molecule has 1 aromatic rings. The first-order valence-corrected chi connectivity index (χ1v) is 10.1. The molecule has 2 rings (SSSR count). The number of benzene rings is 1. The second-order valence-corrected chi connectivity index (χ2v) is 7.57. The minimum Gasteiger partial charge on any atom is -0.342 e. The second-order valence-electron chi connectivity index (χ2n) is 6.59. The van der Waals surface area contributed by atoms with Crippen LogP contribution in [0.4, 0.5) is 0 Å². The lowest BCUT2D eigenvalue weighted by atomic mass is 9.97. The van der Waals surface area contributed by atoms with E-state index in [9.17, 15) is 4.79 Å². The molecule has 4 heteroatoms. The number of piperidine rings is 1. The van der Waals surface area contributed by atoms with Crippen LogP contribution in [-0.2, 0) is 11.2 Å². The monoisotopic (exact) mass is 334 g/mol. The highest BCUT2D eigenvalue weighted by molar-refractivity contribution is 7.98. The highest BCUT2D eigenvalue weighted by Crippen LogP contribution is 2.17.